The van der Waals surface area contributed by atoms with Crippen molar-refractivity contribution in [2.45, 2.75) is 12.8 Å². The zero-order valence-corrected chi connectivity index (χ0v) is 5.59. The molecule has 0 amide bonds. The number of cyclic esters (lactones) is 1. The number of esters is 1. The van der Waals surface area contributed by atoms with Gasteiger partial charge in [0.05, 0.1) is 0 Å². The van der Waals surface area contributed by atoms with Crippen molar-refractivity contribution in [1.82, 2.24) is 0 Å². The SMILES string of the molecule is NC1=C(C2CC2)COC1=O. The van der Waals surface area contributed by atoms with E-state index in [0.717, 1.165) is 5.57 Å². The van der Waals surface area contributed by atoms with Gasteiger partial charge in [0.15, 0.2) is 0 Å². The molecule has 0 aromatic heterocycles. The van der Waals surface area contributed by atoms with Gasteiger partial charge in [-0.1, -0.05) is 0 Å². The first-order valence-corrected chi connectivity index (χ1v) is 3.44. The van der Waals surface area contributed by atoms with Crippen LogP contribution in [-0.4, -0.2) is 12.6 Å². The maximum Gasteiger partial charge on any atom is 0.354 e. The summed E-state index contributed by atoms with van der Waals surface area (Å²) in [5, 5.41) is 0. The van der Waals surface area contributed by atoms with Gasteiger partial charge in [-0.05, 0) is 18.8 Å². The van der Waals surface area contributed by atoms with Crippen LogP contribution < -0.4 is 5.73 Å². The van der Waals surface area contributed by atoms with E-state index in [1.165, 1.54) is 12.8 Å². The second-order valence-electron chi connectivity index (χ2n) is 2.79. The largest absolute Gasteiger partial charge is 0.456 e. The van der Waals surface area contributed by atoms with Crippen molar-refractivity contribution in [3.05, 3.63) is 11.3 Å². The third-order valence-electron chi connectivity index (χ3n) is 1.99. The molecule has 2 N–H and O–H groups in total. The Morgan fingerprint density at radius 3 is 2.60 bits per heavy atom. The average Bonchev–Trinajstić information content (AvgIpc) is 2.67. The summed E-state index contributed by atoms with van der Waals surface area (Å²) < 4.78 is 4.74. The molecule has 1 fully saturated rings. The number of carbonyl (C=O) groups excluding carboxylic acids is 1. The highest BCUT2D eigenvalue weighted by atomic mass is 16.5. The lowest BCUT2D eigenvalue weighted by Crippen LogP contribution is -2.08. The number of nitrogens with two attached hydrogens (primary N) is 1. The number of ether oxygens (including phenoxy) is 1. The molecule has 2 aliphatic rings. The Kier molecular flexibility index (Phi) is 1.01. The molecule has 0 unspecified atom stereocenters. The van der Waals surface area contributed by atoms with Gasteiger partial charge < -0.3 is 10.5 Å². The molecule has 1 heterocycles. The molecule has 0 atom stereocenters. The molecule has 0 bridgehead atoms. The van der Waals surface area contributed by atoms with Crippen molar-refractivity contribution >= 4 is 5.97 Å². The average molecular weight is 139 g/mol. The first-order valence-electron chi connectivity index (χ1n) is 3.44. The molecule has 1 saturated carbocycles. The second kappa shape index (κ2) is 1.75. The van der Waals surface area contributed by atoms with Crippen LogP contribution >= 0.6 is 0 Å². The predicted octanol–water partition coefficient (Wildman–Crippen LogP) is 0.166. The lowest BCUT2D eigenvalue weighted by Gasteiger charge is -1.92. The maximum absolute atomic E-state index is 10.7. The van der Waals surface area contributed by atoms with Gasteiger partial charge in [0.25, 0.3) is 0 Å². The summed E-state index contributed by atoms with van der Waals surface area (Å²) in [6, 6.07) is 0. The van der Waals surface area contributed by atoms with Crippen LogP contribution in [-0.2, 0) is 9.53 Å². The molecular weight excluding hydrogens is 130 g/mol. The minimum absolute atomic E-state index is 0.332. The summed E-state index contributed by atoms with van der Waals surface area (Å²) in [6.07, 6.45) is 2.35. The van der Waals surface area contributed by atoms with Gasteiger partial charge in [-0.15, -0.1) is 0 Å². The Morgan fingerprint density at radius 2 is 2.20 bits per heavy atom. The second-order valence-corrected chi connectivity index (χ2v) is 2.79. The fraction of sp³-hybridized carbons (Fsp3) is 0.571. The number of hydrogen-bond acceptors (Lipinski definition) is 3. The first-order chi connectivity index (χ1) is 4.79. The molecule has 0 aromatic rings. The van der Waals surface area contributed by atoms with E-state index >= 15 is 0 Å². The Morgan fingerprint density at radius 1 is 1.50 bits per heavy atom. The molecule has 3 nitrogen and oxygen atoms in total. The summed E-state index contributed by atoms with van der Waals surface area (Å²) >= 11 is 0. The van der Waals surface area contributed by atoms with E-state index < -0.39 is 0 Å². The van der Waals surface area contributed by atoms with Gasteiger partial charge in [0, 0.05) is 5.57 Å². The lowest BCUT2D eigenvalue weighted by molar-refractivity contribution is -0.136. The fourth-order valence-electron chi connectivity index (χ4n) is 1.20. The smallest absolute Gasteiger partial charge is 0.354 e. The highest BCUT2D eigenvalue weighted by Crippen LogP contribution is 2.39. The Balaban J connectivity index is 2.25. The molecule has 54 valence electrons. The predicted molar refractivity (Wildman–Crippen MR) is 34.9 cm³/mol. The van der Waals surface area contributed by atoms with Gasteiger partial charge >= 0.3 is 5.97 Å². The van der Waals surface area contributed by atoms with Crippen LogP contribution in [0.5, 0.6) is 0 Å². The Labute approximate surface area is 58.8 Å². The molecule has 1 aliphatic carbocycles. The third kappa shape index (κ3) is 0.701. The van der Waals surface area contributed by atoms with E-state index in [2.05, 4.69) is 0 Å². The molecule has 0 saturated heterocycles. The van der Waals surface area contributed by atoms with E-state index in [0.29, 0.717) is 18.2 Å². The summed E-state index contributed by atoms with van der Waals surface area (Å²) in [4.78, 5) is 10.7. The van der Waals surface area contributed by atoms with Gasteiger partial charge in [0.2, 0.25) is 0 Å². The number of carbonyl (C=O) groups is 1. The Hall–Kier alpha value is -0.990. The molecular formula is C7H9NO2. The van der Waals surface area contributed by atoms with Crippen LogP contribution in [0.1, 0.15) is 12.8 Å². The monoisotopic (exact) mass is 139 g/mol. The normalized spacial score (nSPS) is 25.4. The van der Waals surface area contributed by atoms with E-state index in [1.807, 2.05) is 0 Å². The van der Waals surface area contributed by atoms with Gasteiger partial charge in [-0.3, -0.25) is 0 Å². The quantitative estimate of drug-likeness (QED) is 0.527. The van der Waals surface area contributed by atoms with Crippen LogP contribution in [0.4, 0.5) is 0 Å². The molecule has 0 aromatic carbocycles. The van der Waals surface area contributed by atoms with Crippen molar-refractivity contribution in [3.63, 3.8) is 0 Å². The van der Waals surface area contributed by atoms with E-state index in [-0.39, 0.29) is 5.97 Å². The van der Waals surface area contributed by atoms with Crippen molar-refractivity contribution in [2.75, 3.05) is 6.61 Å². The molecule has 10 heavy (non-hydrogen) atoms. The topological polar surface area (TPSA) is 52.3 Å². The Bertz CT molecular complexity index is 216. The van der Waals surface area contributed by atoms with E-state index in [9.17, 15) is 4.79 Å². The summed E-state index contributed by atoms with van der Waals surface area (Å²) in [5.41, 5.74) is 6.86. The fourth-order valence-corrected chi connectivity index (χ4v) is 1.20. The highest BCUT2D eigenvalue weighted by molar-refractivity contribution is 5.90. The minimum atomic E-state index is -0.332. The minimum Gasteiger partial charge on any atom is -0.456 e. The molecule has 3 heteroatoms. The van der Waals surface area contributed by atoms with E-state index in [1.54, 1.807) is 0 Å². The van der Waals surface area contributed by atoms with Crippen molar-refractivity contribution in [2.24, 2.45) is 11.7 Å². The molecule has 2 rings (SSSR count). The van der Waals surface area contributed by atoms with Crippen LogP contribution in [0.25, 0.3) is 0 Å². The van der Waals surface area contributed by atoms with Crippen LogP contribution in [0.3, 0.4) is 0 Å². The zero-order valence-electron chi connectivity index (χ0n) is 5.59. The number of hydrogen-bond donors (Lipinski definition) is 1. The standard InChI is InChI=1S/C7H9NO2/c8-6-5(4-1-2-4)3-10-7(6)9/h4H,1-3,8H2. The highest BCUT2D eigenvalue weighted by Gasteiger charge is 2.34. The lowest BCUT2D eigenvalue weighted by atomic mass is 10.1. The van der Waals surface area contributed by atoms with Crippen molar-refractivity contribution in [1.29, 1.82) is 0 Å². The molecule has 1 aliphatic heterocycles. The maximum atomic E-state index is 10.7. The molecule has 0 spiro atoms. The van der Waals surface area contributed by atoms with Crippen molar-refractivity contribution < 1.29 is 9.53 Å². The van der Waals surface area contributed by atoms with Gasteiger partial charge in [-0.25, -0.2) is 4.79 Å². The summed E-state index contributed by atoms with van der Waals surface area (Å²) in [5.74, 6) is 0.230. The van der Waals surface area contributed by atoms with Gasteiger partial charge in [-0.2, -0.15) is 0 Å². The third-order valence-corrected chi connectivity index (χ3v) is 1.99. The summed E-state index contributed by atoms with van der Waals surface area (Å²) in [7, 11) is 0. The van der Waals surface area contributed by atoms with Crippen LogP contribution in [0, 0.1) is 5.92 Å². The first kappa shape index (κ1) is 5.77. The van der Waals surface area contributed by atoms with Crippen LogP contribution in [0.15, 0.2) is 11.3 Å². The van der Waals surface area contributed by atoms with Crippen LogP contribution in [0.2, 0.25) is 0 Å². The molecule has 0 radical (unpaired) electrons. The zero-order chi connectivity index (χ0) is 7.14. The van der Waals surface area contributed by atoms with Gasteiger partial charge in [0.1, 0.15) is 12.3 Å². The summed E-state index contributed by atoms with van der Waals surface area (Å²) in [6.45, 7) is 0.440. The van der Waals surface area contributed by atoms with Crippen molar-refractivity contribution in [3.8, 4) is 0 Å². The van der Waals surface area contributed by atoms with E-state index in [4.69, 9.17) is 10.5 Å². The number of rotatable bonds is 1.